The predicted octanol–water partition coefficient (Wildman–Crippen LogP) is 3.33. The Morgan fingerprint density at radius 3 is 2.83 bits per heavy atom. The minimum Gasteiger partial charge on any atom is -0.508 e. The lowest BCUT2D eigenvalue weighted by Gasteiger charge is -2.05. The molecule has 0 unspecified atom stereocenters. The van der Waals surface area contributed by atoms with Crippen LogP contribution in [0.2, 0.25) is 0 Å². The van der Waals surface area contributed by atoms with E-state index in [1.807, 2.05) is 0 Å². The first-order valence-electron chi connectivity index (χ1n) is 7.17. The van der Waals surface area contributed by atoms with Crippen LogP contribution >= 0.6 is 0 Å². The molecule has 24 heavy (non-hydrogen) atoms. The maximum absolute atomic E-state index is 14.3. The van der Waals surface area contributed by atoms with Crippen LogP contribution in [0.1, 0.15) is 15.9 Å². The molecular formula is C18H11FN2O3. The van der Waals surface area contributed by atoms with Gasteiger partial charge in [0.1, 0.15) is 17.3 Å². The van der Waals surface area contributed by atoms with Gasteiger partial charge >= 0.3 is 0 Å². The molecule has 0 bridgehead atoms. The van der Waals surface area contributed by atoms with Gasteiger partial charge in [0.15, 0.2) is 5.76 Å². The van der Waals surface area contributed by atoms with Crippen LogP contribution in [-0.2, 0) is 0 Å². The molecular weight excluding hydrogens is 311 g/mol. The molecule has 2 aromatic carbocycles. The number of aromatic hydroxyl groups is 1. The highest BCUT2D eigenvalue weighted by atomic mass is 19.1. The molecule has 0 radical (unpaired) electrons. The molecule has 0 aliphatic carbocycles. The summed E-state index contributed by atoms with van der Waals surface area (Å²) in [4.78, 5) is 16.2. The van der Waals surface area contributed by atoms with Gasteiger partial charge < -0.3 is 14.4 Å². The summed E-state index contributed by atoms with van der Waals surface area (Å²) in [5.41, 5.74) is 1.23. The second-order valence-electron chi connectivity index (χ2n) is 5.30. The van der Waals surface area contributed by atoms with Crippen LogP contribution in [0, 0.1) is 5.82 Å². The Morgan fingerprint density at radius 2 is 2.08 bits per heavy atom. The molecule has 6 heteroatoms. The maximum Gasteiger partial charge on any atom is 0.231 e. The standard InChI is InChI=1S/C18H11FN2O3/c19-14-7-11(1-4-15(14)21-6-5-20-10-21)8-17-18(23)13-3-2-12(22)9-16(13)24-17/h1-10,22H. The monoisotopic (exact) mass is 322 g/mol. The molecule has 1 aromatic heterocycles. The van der Waals surface area contributed by atoms with E-state index in [-0.39, 0.29) is 17.3 Å². The number of ketones is 1. The number of phenols is 1. The van der Waals surface area contributed by atoms with Crippen molar-refractivity contribution in [3.63, 3.8) is 0 Å². The van der Waals surface area contributed by atoms with E-state index in [9.17, 15) is 14.3 Å². The highest BCUT2D eigenvalue weighted by molar-refractivity contribution is 6.14. The minimum absolute atomic E-state index is 0.0125. The van der Waals surface area contributed by atoms with Crippen LogP contribution < -0.4 is 4.74 Å². The Balaban J connectivity index is 1.68. The highest BCUT2D eigenvalue weighted by Crippen LogP contribution is 2.34. The van der Waals surface area contributed by atoms with E-state index in [0.717, 1.165) is 0 Å². The number of phenolic OH excluding ortho intramolecular Hbond substituents is 1. The molecule has 0 spiro atoms. The number of benzene rings is 2. The van der Waals surface area contributed by atoms with Crippen molar-refractivity contribution in [1.82, 2.24) is 9.55 Å². The quantitative estimate of drug-likeness (QED) is 0.735. The average Bonchev–Trinajstić information content (AvgIpc) is 3.17. The maximum atomic E-state index is 14.3. The topological polar surface area (TPSA) is 64.4 Å². The number of hydrogen-bond acceptors (Lipinski definition) is 4. The lowest BCUT2D eigenvalue weighted by atomic mass is 10.1. The van der Waals surface area contributed by atoms with Crippen molar-refractivity contribution in [2.45, 2.75) is 0 Å². The van der Waals surface area contributed by atoms with Crippen LogP contribution in [0.3, 0.4) is 0 Å². The summed E-state index contributed by atoms with van der Waals surface area (Å²) in [6, 6.07) is 8.89. The van der Waals surface area contributed by atoms with Gasteiger partial charge in [0.25, 0.3) is 0 Å². The van der Waals surface area contributed by atoms with Gasteiger partial charge in [-0.2, -0.15) is 0 Å². The smallest absolute Gasteiger partial charge is 0.231 e. The Bertz CT molecular complexity index is 978. The Kier molecular flexibility index (Phi) is 3.16. The fourth-order valence-corrected chi connectivity index (χ4v) is 2.55. The van der Waals surface area contributed by atoms with Crippen LogP contribution in [0.15, 0.2) is 60.9 Å². The number of aromatic nitrogens is 2. The summed E-state index contributed by atoms with van der Waals surface area (Å²) < 4.78 is 21.3. The zero-order chi connectivity index (χ0) is 16.7. The lowest BCUT2D eigenvalue weighted by Crippen LogP contribution is -1.99. The minimum atomic E-state index is -0.442. The first-order valence-corrected chi connectivity index (χ1v) is 7.17. The summed E-state index contributed by atoms with van der Waals surface area (Å²) in [7, 11) is 0. The summed E-state index contributed by atoms with van der Waals surface area (Å²) in [5, 5.41) is 9.45. The summed E-state index contributed by atoms with van der Waals surface area (Å²) in [6.45, 7) is 0. The van der Waals surface area contributed by atoms with Crippen molar-refractivity contribution in [2.24, 2.45) is 0 Å². The van der Waals surface area contributed by atoms with E-state index in [2.05, 4.69) is 4.98 Å². The van der Waals surface area contributed by atoms with Gasteiger partial charge in [-0.1, -0.05) is 6.07 Å². The van der Waals surface area contributed by atoms with Crippen molar-refractivity contribution in [3.8, 4) is 17.2 Å². The largest absolute Gasteiger partial charge is 0.508 e. The van der Waals surface area contributed by atoms with E-state index in [4.69, 9.17) is 4.74 Å². The SMILES string of the molecule is O=C1C(=Cc2ccc(-n3ccnc3)c(F)c2)Oc2cc(O)ccc21. The van der Waals surface area contributed by atoms with E-state index < -0.39 is 5.82 Å². The number of imidazole rings is 1. The third kappa shape index (κ3) is 2.34. The van der Waals surface area contributed by atoms with Crippen molar-refractivity contribution in [2.75, 3.05) is 0 Å². The van der Waals surface area contributed by atoms with Crippen molar-refractivity contribution >= 4 is 11.9 Å². The Morgan fingerprint density at radius 1 is 1.21 bits per heavy atom. The third-order valence-corrected chi connectivity index (χ3v) is 3.71. The molecule has 1 N–H and O–H groups in total. The van der Waals surface area contributed by atoms with Gasteiger partial charge in [-0.05, 0) is 35.9 Å². The fraction of sp³-hybridized carbons (Fsp3) is 0. The number of carbonyl (C=O) groups excluding carboxylic acids is 1. The van der Waals surface area contributed by atoms with E-state index in [1.54, 1.807) is 29.1 Å². The lowest BCUT2D eigenvalue weighted by molar-refractivity contribution is 0.101. The van der Waals surface area contributed by atoms with Crippen LogP contribution in [-0.4, -0.2) is 20.4 Å². The molecule has 0 saturated carbocycles. The van der Waals surface area contributed by atoms with Crippen LogP contribution in [0.4, 0.5) is 4.39 Å². The number of fused-ring (bicyclic) bond motifs is 1. The van der Waals surface area contributed by atoms with Crippen molar-refractivity contribution in [1.29, 1.82) is 0 Å². The number of halogens is 1. The molecule has 0 atom stereocenters. The van der Waals surface area contributed by atoms with Gasteiger partial charge in [0.05, 0.1) is 17.6 Å². The first-order chi connectivity index (χ1) is 11.6. The molecule has 1 aliphatic rings. The van der Waals surface area contributed by atoms with Crippen LogP contribution in [0.5, 0.6) is 11.5 Å². The third-order valence-electron chi connectivity index (χ3n) is 3.71. The van der Waals surface area contributed by atoms with Gasteiger partial charge in [0, 0.05) is 18.5 Å². The molecule has 0 fully saturated rings. The second kappa shape index (κ2) is 5.34. The highest BCUT2D eigenvalue weighted by Gasteiger charge is 2.27. The van der Waals surface area contributed by atoms with Crippen molar-refractivity contribution in [3.05, 3.63) is 77.8 Å². The Hall–Kier alpha value is -3.41. The van der Waals surface area contributed by atoms with E-state index in [1.165, 1.54) is 36.7 Å². The number of rotatable bonds is 2. The molecule has 118 valence electrons. The summed E-state index contributed by atoms with van der Waals surface area (Å²) in [5.74, 6) is -0.349. The van der Waals surface area contributed by atoms with Crippen molar-refractivity contribution < 1.29 is 19.0 Å². The van der Waals surface area contributed by atoms with E-state index in [0.29, 0.717) is 22.6 Å². The Labute approximate surface area is 136 Å². The molecule has 5 nitrogen and oxygen atoms in total. The number of carbonyl (C=O) groups is 1. The normalized spacial score (nSPS) is 14.7. The first kappa shape index (κ1) is 14.2. The molecule has 3 aromatic rings. The zero-order valence-corrected chi connectivity index (χ0v) is 12.3. The van der Waals surface area contributed by atoms with Crippen LogP contribution in [0.25, 0.3) is 11.8 Å². The zero-order valence-electron chi connectivity index (χ0n) is 12.3. The number of hydrogen-bond donors (Lipinski definition) is 1. The molecule has 0 amide bonds. The molecule has 4 rings (SSSR count). The second-order valence-corrected chi connectivity index (χ2v) is 5.30. The van der Waals surface area contributed by atoms with E-state index >= 15 is 0 Å². The van der Waals surface area contributed by atoms with Gasteiger partial charge in [-0.25, -0.2) is 9.37 Å². The molecule has 1 aliphatic heterocycles. The van der Waals surface area contributed by atoms with Gasteiger partial charge in [-0.3, -0.25) is 4.79 Å². The summed E-state index contributed by atoms with van der Waals surface area (Å²) in [6.07, 6.45) is 6.18. The predicted molar refractivity (Wildman–Crippen MR) is 84.6 cm³/mol. The van der Waals surface area contributed by atoms with Gasteiger partial charge in [0.2, 0.25) is 5.78 Å². The number of ether oxygens (including phenoxy) is 1. The summed E-state index contributed by atoms with van der Waals surface area (Å²) >= 11 is 0. The molecule has 2 heterocycles. The molecule has 0 saturated heterocycles. The fourth-order valence-electron chi connectivity index (χ4n) is 2.55. The average molecular weight is 322 g/mol. The number of Topliss-reactive ketones (excluding diaryl/α,β-unsaturated/α-hetero) is 1. The van der Waals surface area contributed by atoms with Gasteiger partial charge in [-0.15, -0.1) is 0 Å². The number of allylic oxidation sites excluding steroid dienone is 1. The number of nitrogens with zero attached hydrogens (tertiary/aromatic N) is 2.